The number of rotatable bonds is 8. The number of benzene rings is 2. The summed E-state index contributed by atoms with van der Waals surface area (Å²) >= 11 is 0. The minimum Gasteiger partial charge on any atom is -0.543 e. The molecule has 0 fully saturated rings. The fraction of sp³-hybridized carbons (Fsp3) is 0.423. The normalized spacial score (nSPS) is 15.9. The van der Waals surface area contributed by atoms with Crippen molar-refractivity contribution in [3.8, 4) is 28.7 Å². The predicted molar refractivity (Wildman–Crippen MR) is 130 cm³/mol. The van der Waals surface area contributed by atoms with Crippen LogP contribution in [0.1, 0.15) is 44.4 Å². The second-order valence-electron chi connectivity index (χ2n) is 9.94. The minimum atomic E-state index is -1.90. The van der Waals surface area contributed by atoms with Gasteiger partial charge in [-0.15, -0.1) is 0 Å². The Balaban J connectivity index is 1.46. The van der Waals surface area contributed by atoms with Crippen LogP contribution in [0.2, 0.25) is 18.1 Å². The Labute approximate surface area is 196 Å². The van der Waals surface area contributed by atoms with E-state index in [1.807, 2.05) is 24.3 Å². The van der Waals surface area contributed by atoms with E-state index < -0.39 is 8.32 Å². The number of aromatic nitrogens is 1. The van der Waals surface area contributed by atoms with Crippen LogP contribution in [0.4, 0.5) is 0 Å². The second-order valence-corrected chi connectivity index (χ2v) is 14.7. The molecule has 33 heavy (non-hydrogen) atoms. The first kappa shape index (κ1) is 23.4. The Hall–Kier alpha value is -2.77. The molecule has 1 unspecified atom stereocenters. The van der Waals surface area contributed by atoms with Gasteiger partial charge in [0.1, 0.15) is 17.6 Å². The Morgan fingerprint density at radius 1 is 1.09 bits per heavy atom. The van der Waals surface area contributed by atoms with Crippen molar-refractivity contribution in [1.82, 2.24) is 5.16 Å². The van der Waals surface area contributed by atoms with Crippen molar-refractivity contribution in [2.75, 3.05) is 13.9 Å². The average Bonchev–Trinajstić information content (AvgIpc) is 3.40. The zero-order chi connectivity index (χ0) is 23.6. The summed E-state index contributed by atoms with van der Waals surface area (Å²) in [6.07, 6.45) is 1.93. The van der Waals surface area contributed by atoms with E-state index >= 15 is 0 Å². The Morgan fingerprint density at radius 2 is 1.85 bits per heavy atom. The second kappa shape index (κ2) is 9.23. The van der Waals surface area contributed by atoms with Gasteiger partial charge >= 0.3 is 0 Å². The van der Waals surface area contributed by atoms with Gasteiger partial charge in [-0.05, 0) is 77.6 Å². The number of ether oxygens (including phenoxy) is 3. The standard InChI is InChI=1S/C26H33NO5Si/c1-26(2,3)33(5,6)32-23-9-7-8-20-21(23)14-15-22(20)30-19-12-10-18(11-13-19)24-16-25(27-31-24)29-17-28-4/h7-13,16,22H,14-15,17H2,1-6H3. The van der Waals surface area contributed by atoms with Crippen LogP contribution in [0.5, 0.6) is 17.4 Å². The molecule has 1 atom stereocenters. The highest BCUT2D eigenvalue weighted by molar-refractivity contribution is 6.74. The number of hydrogen-bond acceptors (Lipinski definition) is 6. The maximum Gasteiger partial charge on any atom is 0.256 e. The lowest BCUT2D eigenvalue weighted by Crippen LogP contribution is -2.44. The largest absolute Gasteiger partial charge is 0.543 e. The van der Waals surface area contributed by atoms with Crippen molar-refractivity contribution in [3.05, 3.63) is 59.7 Å². The van der Waals surface area contributed by atoms with E-state index in [1.165, 1.54) is 11.1 Å². The van der Waals surface area contributed by atoms with Crippen molar-refractivity contribution in [3.63, 3.8) is 0 Å². The topological polar surface area (TPSA) is 63.0 Å². The first-order valence-electron chi connectivity index (χ1n) is 11.3. The van der Waals surface area contributed by atoms with Crippen molar-refractivity contribution in [2.45, 2.75) is 57.8 Å². The fourth-order valence-electron chi connectivity index (χ4n) is 3.67. The first-order valence-corrected chi connectivity index (χ1v) is 14.2. The lowest BCUT2D eigenvalue weighted by molar-refractivity contribution is 0.0453. The van der Waals surface area contributed by atoms with Gasteiger partial charge in [0, 0.05) is 18.7 Å². The number of hydrogen-bond donors (Lipinski definition) is 0. The van der Waals surface area contributed by atoms with E-state index in [0.29, 0.717) is 11.6 Å². The summed E-state index contributed by atoms with van der Waals surface area (Å²) < 4.78 is 28.6. The highest BCUT2D eigenvalue weighted by Gasteiger charge is 2.40. The predicted octanol–water partition coefficient (Wildman–Crippen LogP) is 6.77. The van der Waals surface area contributed by atoms with Gasteiger partial charge in [-0.25, -0.2) is 0 Å². The molecule has 0 N–H and O–H groups in total. The van der Waals surface area contributed by atoms with Crippen LogP contribution < -0.4 is 13.9 Å². The summed E-state index contributed by atoms with van der Waals surface area (Å²) in [5, 5.41) is 4.05. The molecule has 0 spiro atoms. The molecule has 2 aromatic carbocycles. The molecule has 4 rings (SSSR count). The molecular formula is C26H33NO5Si. The third kappa shape index (κ3) is 5.09. The zero-order valence-corrected chi connectivity index (χ0v) is 21.3. The highest BCUT2D eigenvalue weighted by atomic mass is 28.4. The van der Waals surface area contributed by atoms with Gasteiger partial charge in [-0.1, -0.05) is 32.9 Å². The maximum absolute atomic E-state index is 6.65. The van der Waals surface area contributed by atoms with Crippen LogP contribution in [0.25, 0.3) is 11.3 Å². The average molecular weight is 468 g/mol. The van der Waals surface area contributed by atoms with Gasteiger partial charge < -0.3 is 23.2 Å². The van der Waals surface area contributed by atoms with E-state index in [2.05, 4.69) is 57.2 Å². The molecule has 1 aromatic heterocycles. The number of fused-ring (bicyclic) bond motifs is 1. The third-order valence-corrected chi connectivity index (χ3v) is 10.9. The minimum absolute atomic E-state index is 0.0214. The van der Waals surface area contributed by atoms with Crippen LogP contribution in [0, 0.1) is 0 Å². The summed E-state index contributed by atoms with van der Waals surface area (Å²) in [5.74, 6) is 2.87. The van der Waals surface area contributed by atoms with Crippen LogP contribution in [0.3, 0.4) is 0 Å². The van der Waals surface area contributed by atoms with E-state index in [-0.39, 0.29) is 17.9 Å². The number of methoxy groups -OCH3 is 1. The molecule has 0 saturated carbocycles. The fourth-order valence-corrected chi connectivity index (χ4v) is 4.72. The molecule has 0 radical (unpaired) electrons. The molecule has 0 amide bonds. The van der Waals surface area contributed by atoms with Gasteiger partial charge in [0.25, 0.3) is 5.88 Å². The highest BCUT2D eigenvalue weighted by Crippen LogP contribution is 2.43. The van der Waals surface area contributed by atoms with Crippen LogP contribution >= 0.6 is 0 Å². The summed E-state index contributed by atoms with van der Waals surface area (Å²) in [7, 11) is -0.340. The molecule has 176 valence electrons. The Bertz CT molecular complexity index is 1080. The quantitative estimate of drug-likeness (QED) is 0.269. The van der Waals surface area contributed by atoms with Crippen molar-refractivity contribution >= 4 is 8.32 Å². The van der Waals surface area contributed by atoms with Crippen LogP contribution in [0.15, 0.2) is 53.1 Å². The lowest BCUT2D eigenvalue weighted by atomic mass is 10.1. The smallest absolute Gasteiger partial charge is 0.256 e. The maximum atomic E-state index is 6.65. The lowest BCUT2D eigenvalue weighted by Gasteiger charge is -2.37. The van der Waals surface area contributed by atoms with E-state index in [1.54, 1.807) is 13.2 Å². The molecule has 0 aliphatic heterocycles. The Morgan fingerprint density at radius 3 is 2.55 bits per heavy atom. The molecule has 1 heterocycles. The molecule has 6 nitrogen and oxygen atoms in total. The SMILES string of the molecule is COCOc1cc(-c2ccc(OC3CCc4c(O[Si](C)(C)C(C)(C)C)cccc43)cc2)on1. The molecule has 1 aliphatic carbocycles. The Kier molecular flexibility index (Phi) is 6.54. The molecule has 3 aromatic rings. The van der Waals surface area contributed by atoms with Crippen molar-refractivity contribution in [2.24, 2.45) is 0 Å². The van der Waals surface area contributed by atoms with Crippen LogP contribution in [-0.4, -0.2) is 27.4 Å². The van der Waals surface area contributed by atoms with E-state index in [4.69, 9.17) is 23.2 Å². The van der Waals surface area contributed by atoms with Gasteiger partial charge in [-0.2, -0.15) is 0 Å². The molecule has 7 heteroatoms. The third-order valence-electron chi connectivity index (χ3n) is 6.57. The van der Waals surface area contributed by atoms with E-state index in [9.17, 15) is 0 Å². The summed E-state index contributed by atoms with van der Waals surface area (Å²) in [4.78, 5) is 0. The van der Waals surface area contributed by atoms with Gasteiger partial charge in [0.2, 0.25) is 8.32 Å². The summed E-state index contributed by atoms with van der Waals surface area (Å²) in [6.45, 7) is 11.5. The monoisotopic (exact) mass is 467 g/mol. The first-order chi connectivity index (χ1) is 15.7. The molecule has 1 aliphatic rings. The molecular weight excluding hydrogens is 434 g/mol. The molecule has 0 bridgehead atoms. The van der Waals surface area contributed by atoms with Gasteiger partial charge in [0.05, 0.1) is 0 Å². The molecule has 0 saturated heterocycles. The number of nitrogens with zero attached hydrogens (tertiary/aromatic N) is 1. The summed E-state index contributed by atoms with van der Waals surface area (Å²) in [6, 6.07) is 15.9. The van der Waals surface area contributed by atoms with Crippen molar-refractivity contribution in [1.29, 1.82) is 0 Å². The summed E-state index contributed by atoms with van der Waals surface area (Å²) in [5.41, 5.74) is 3.42. The van der Waals surface area contributed by atoms with Crippen molar-refractivity contribution < 1.29 is 23.2 Å². The zero-order valence-electron chi connectivity index (χ0n) is 20.3. The van der Waals surface area contributed by atoms with E-state index in [0.717, 1.165) is 29.9 Å². The van der Waals surface area contributed by atoms with Crippen LogP contribution in [-0.2, 0) is 11.2 Å². The van der Waals surface area contributed by atoms with Gasteiger partial charge in [0.15, 0.2) is 12.6 Å². The van der Waals surface area contributed by atoms with Gasteiger partial charge in [-0.3, -0.25) is 0 Å².